The highest BCUT2D eigenvalue weighted by molar-refractivity contribution is 5.81. The largest absolute Gasteiger partial charge is 0.460 e. The molecule has 3 heteroatoms. The Morgan fingerprint density at radius 1 is 1.13 bits per heavy atom. The fourth-order valence-corrected chi connectivity index (χ4v) is 4.91. The zero-order valence-electron chi connectivity index (χ0n) is 13.6. The van der Waals surface area contributed by atoms with Crippen LogP contribution in [0.1, 0.15) is 55.5 Å². The summed E-state index contributed by atoms with van der Waals surface area (Å²) in [7, 11) is 0. The van der Waals surface area contributed by atoms with Gasteiger partial charge in [0.1, 0.15) is 5.76 Å². The van der Waals surface area contributed by atoms with E-state index < -0.39 is 0 Å². The Labute approximate surface area is 135 Å². The molecule has 1 fully saturated rings. The average Bonchev–Trinajstić information content (AvgIpc) is 3.26. The summed E-state index contributed by atoms with van der Waals surface area (Å²) in [6.45, 7) is 4.47. The molecule has 1 saturated carbocycles. The third-order valence-corrected chi connectivity index (χ3v) is 5.82. The maximum atomic E-state index is 6.21. The monoisotopic (exact) mass is 307 g/mol. The molecule has 3 nitrogen and oxygen atoms in total. The fraction of sp³-hybridized carbons (Fsp3) is 0.400. The van der Waals surface area contributed by atoms with Gasteiger partial charge in [-0.1, -0.05) is 31.0 Å². The Morgan fingerprint density at radius 2 is 1.91 bits per heavy atom. The number of benzene rings is 1. The molecule has 0 bridgehead atoms. The van der Waals surface area contributed by atoms with Crippen LogP contribution in [0.4, 0.5) is 5.69 Å². The van der Waals surface area contributed by atoms with E-state index in [0.29, 0.717) is 0 Å². The minimum atomic E-state index is 0.0317. The van der Waals surface area contributed by atoms with Crippen LogP contribution in [0.25, 0.3) is 11.2 Å². The molecule has 2 aliphatic rings. The second kappa shape index (κ2) is 4.44. The molecule has 118 valence electrons. The molecular weight excluding hydrogens is 286 g/mol. The molecular formula is C20H21NO2. The Morgan fingerprint density at radius 3 is 2.70 bits per heavy atom. The maximum Gasteiger partial charge on any atom is 0.178 e. The van der Waals surface area contributed by atoms with Crippen LogP contribution in [0.3, 0.4) is 0 Å². The minimum absolute atomic E-state index is 0.0317. The molecule has 1 aliphatic carbocycles. The van der Waals surface area contributed by atoms with Crippen LogP contribution in [0, 0.1) is 6.92 Å². The standard InChI is InChI=1S/C20H21NO2/c1-13-7-3-4-8-15(13)21-14(2)18-17(20(21)10-5-6-11-20)19-16(23-18)9-12-22-19/h3-4,7-9,12,14H,5-6,10-11H2,1-2H3. The number of fused-ring (bicyclic) bond motifs is 4. The predicted octanol–water partition coefficient (Wildman–Crippen LogP) is 5.68. The molecule has 0 N–H and O–H groups in total. The lowest BCUT2D eigenvalue weighted by atomic mass is 9.89. The van der Waals surface area contributed by atoms with Crippen LogP contribution in [0.5, 0.6) is 0 Å². The third-order valence-electron chi connectivity index (χ3n) is 5.82. The quantitative estimate of drug-likeness (QED) is 0.579. The topological polar surface area (TPSA) is 29.5 Å². The second-order valence-corrected chi connectivity index (χ2v) is 7.03. The molecule has 2 aromatic heterocycles. The molecule has 3 heterocycles. The van der Waals surface area contributed by atoms with Crippen molar-refractivity contribution in [3.8, 4) is 0 Å². The maximum absolute atomic E-state index is 6.21. The fourth-order valence-electron chi connectivity index (χ4n) is 4.91. The van der Waals surface area contributed by atoms with Gasteiger partial charge in [-0.15, -0.1) is 0 Å². The van der Waals surface area contributed by atoms with Gasteiger partial charge in [0.05, 0.1) is 23.4 Å². The van der Waals surface area contributed by atoms with E-state index in [2.05, 4.69) is 43.0 Å². The first-order valence-electron chi connectivity index (χ1n) is 8.58. The van der Waals surface area contributed by atoms with Crippen LogP contribution in [0.2, 0.25) is 0 Å². The van der Waals surface area contributed by atoms with Crippen molar-refractivity contribution in [2.75, 3.05) is 4.90 Å². The third kappa shape index (κ3) is 1.55. The summed E-state index contributed by atoms with van der Waals surface area (Å²) in [5.41, 5.74) is 5.86. The Balaban J connectivity index is 1.79. The molecule has 3 aromatic rings. The Kier molecular flexibility index (Phi) is 2.56. The number of hydrogen-bond acceptors (Lipinski definition) is 3. The van der Waals surface area contributed by atoms with Gasteiger partial charge in [0, 0.05) is 11.8 Å². The van der Waals surface area contributed by atoms with Crippen molar-refractivity contribution < 1.29 is 8.83 Å². The molecule has 1 unspecified atom stereocenters. The van der Waals surface area contributed by atoms with E-state index in [1.54, 1.807) is 6.26 Å². The van der Waals surface area contributed by atoms with E-state index in [1.807, 2.05) is 6.07 Å². The molecule has 23 heavy (non-hydrogen) atoms. The van der Waals surface area contributed by atoms with E-state index in [-0.39, 0.29) is 11.6 Å². The van der Waals surface area contributed by atoms with Gasteiger partial charge < -0.3 is 13.7 Å². The molecule has 0 amide bonds. The number of rotatable bonds is 1. The van der Waals surface area contributed by atoms with Gasteiger partial charge in [-0.3, -0.25) is 0 Å². The molecule has 1 aliphatic heterocycles. The van der Waals surface area contributed by atoms with Crippen molar-refractivity contribution in [2.24, 2.45) is 0 Å². The zero-order chi connectivity index (χ0) is 15.6. The summed E-state index contributed by atoms with van der Waals surface area (Å²) in [5.74, 6) is 1.10. The van der Waals surface area contributed by atoms with Crippen LogP contribution < -0.4 is 4.90 Å². The number of anilines is 1. The molecule has 1 atom stereocenters. The number of hydrogen-bond donors (Lipinski definition) is 0. The van der Waals surface area contributed by atoms with E-state index >= 15 is 0 Å². The second-order valence-electron chi connectivity index (χ2n) is 7.03. The van der Waals surface area contributed by atoms with Gasteiger partial charge in [-0.05, 0) is 38.3 Å². The Bertz CT molecular complexity index is 882. The summed E-state index contributed by atoms with van der Waals surface area (Å²) in [5, 5.41) is 0. The number of aryl methyl sites for hydroxylation is 1. The van der Waals surface area contributed by atoms with Crippen LogP contribution in [-0.2, 0) is 5.54 Å². The van der Waals surface area contributed by atoms with Gasteiger partial charge in [0.25, 0.3) is 0 Å². The Hall–Kier alpha value is -2.16. The normalized spacial score (nSPS) is 22.3. The lowest BCUT2D eigenvalue weighted by molar-refractivity contribution is 0.406. The summed E-state index contributed by atoms with van der Waals surface area (Å²) in [4.78, 5) is 2.60. The summed E-state index contributed by atoms with van der Waals surface area (Å²) in [6, 6.07) is 10.9. The van der Waals surface area contributed by atoms with Crippen molar-refractivity contribution >= 4 is 16.9 Å². The van der Waals surface area contributed by atoms with E-state index in [9.17, 15) is 0 Å². The molecule has 5 rings (SSSR count). The van der Waals surface area contributed by atoms with Crippen molar-refractivity contribution in [3.05, 3.63) is 53.5 Å². The molecule has 0 radical (unpaired) electrons. The van der Waals surface area contributed by atoms with Gasteiger partial charge in [-0.2, -0.15) is 0 Å². The lowest BCUT2D eigenvalue weighted by Gasteiger charge is -2.40. The highest BCUT2D eigenvalue weighted by atomic mass is 16.4. The van der Waals surface area contributed by atoms with E-state index in [0.717, 1.165) is 16.9 Å². The van der Waals surface area contributed by atoms with Crippen LogP contribution in [0.15, 0.2) is 45.4 Å². The summed E-state index contributed by atoms with van der Waals surface area (Å²) >= 11 is 0. The number of furan rings is 2. The highest BCUT2D eigenvalue weighted by Crippen LogP contribution is 2.59. The predicted molar refractivity (Wildman–Crippen MR) is 90.7 cm³/mol. The van der Waals surface area contributed by atoms with Gasteiger partial charge >= 0.3 is 0 Å². The number of para-hydroxylation sites is 1. The molecule has 0 saturated heterocycles. The SMILES string of the molecule is Cc1ccccc1N1C(C)c2oc3ccoc3c2C12CCCC2. The smallest absolute Gasteiger partial charge is 0.178 e. The first-order valence-corrected chi connectivity index (χ1v) is 8.58. The zero-order valence-corrected chi connectivity index (χ0v) is 13.6. The summed E-state index contributed by atoms with van der Waals surface area (Å²) in [6.07, 6.45) is 6.63. The number of nitrogens with zero attached hydrogens (tertiary/aromatic N) is 1. The van der Waals surface area contributed by atoms with Crippen molar-refractivity contribution in [3.63, 3.8) is 0 Å². The van der Waals surface area contributed by atoms with Crippen LogP contribution in [-0.4, -0.2) is 0 Å². The molecule has 1 aromatic carbocycles. The van der Waals surface area contributed by atoms with E-state index in [4.69, 9.17) is 8.83 Å². The van der Waals surface area contributed by atoms with Crippen LogP contribution >= 0.6 is 0 Å². The first-order chi connectivity index (χ1) is 11.2. The van der Waals surface area contributed by atoms with E-state index in [1.165, 1.54) is 42.5 Å². The lowest BCUT2D eigenvalue weighted by Crippen LogP contribution is -2.40. The first kappa shape index (κ1) is 13.3. The average molecular weight is 307 g/mol. The van der Waals surface area contributed by atoms with Crippen molar-refractivity contribution in [1.82, 2.24) is 0 Å². The van der Waals surface area contributed by atoms with Crippen molar-refractivity contribution in [2.45, 2.75) is 51.1 Å². The minimum Gasteiger partial charge on any atom is -0.460 e. The van der Waals surface area contributed by atoms with Gasteiger partial charge in [0.2, 0.25) is 0 Å². The van der Waals surface area contributed by atoms with Crippen molar-refractivity contribution in [1.29, 1.82) is 0 Å². The van der Waals surface area contributed by atoms with Gasteiger partial charge in [-0.25, -0.2) is 0 Å². The van der Waals surface area contributed by atoms with Gasteiger partial charge in [0.15, 0.2) is 11.2 Å². The summed E-state index contributed by atoms with van der Waals surface area (Å²) < 4.78 is 12.0. The highest BCUT2D eigenvalue weighted by Gasteiger charge is 2.54. The molecule has 1 spiro atoms.